The molecule has 0 bridgehead atoms. The van der Waals surface area contributed by atoms with Gasteiger partial charge in [-0.25, -0.2) is 0 Å². The number of benzene rings is 1. The minimum Gasteiger partial charge on any atom is -0.333 e. The molecule has 148 valence electrons. The van der Waals surface area contributed by atoms with E-state index < -0.39 is 0 Å². The Hall–Kier alpha value is -2.80. The summed E-state index contributed by atoms with van der Waals surface area (Å²) in [6.45, 7) is 5.34. The van der Waals surface area contributed by atoms with Crippen LogP contribution >= 0.6 is 11.3 Å². The molecule has 29 heavy (non-hydrogen) atoms. The molecule has 6 nitrogen and oxygen atoms in total. The van der Waals surface area contributed by atoms with Crippen LogP contribution in [0.4, 0.5) is 0 Å². The first-order valence-electron chi connectivity index (χ1n) is 10.0. The second kappa shape index (κ2) is 7.22. The summed E-state index contributed by atoms with van der Waals surface area (Å²) >= 11 is 1.69. The molecule has 0 spiro atoms. The summed E-state index contributed by atoms with van der Waals surface area (Å²) in [7, 11) is 0. The lowest BCUT2D eigenvalue weighted by Crippen LogP contribution is -2.38. The zero-order valence-corrected chi connectivity index (χ0v) is 17.4. The van der Waals surface area contributed by atoms with Gasteiger partial charge in [0.05, 0.1) is 12.1 Å². The van der Waals surface area contributed by atoms with Crippen molar-refractivity contribution in [1.82, 2.24) is 24.9 Å². The highest BCUT2D eigenvalue weighted by atomic mass is 32.1. The van der Waals surface area contributed by atoms with Crippen molar-refractivity contribution in [3.05, 3.63) is 57.3 Å². The highest BCUT2D eigenvalue weighted by molar-refractivity contribution is 7.09. The van der Waals surface area contributed by atoms with Crippen molar-refractivity contribution in [2.75, 3.05) is 0 Å². The summed E-state index contributed by atoms with van der Waals surface area (Å²) in [5, 5.41) is 15.6. The zero-order chi connectivity index (χ0) is 20.0. The summed E-state index contributed by atoms with van der Waals surface area (Å²) in [6.07, 6.45) is 3.14. The lowest BCUT2D eigenvalue weighted by molar-refractivity contribution is -0.139. The number of fused-ring (bicyclic) bond motifs is 3. The van der Waals surface area contributed by atoms with Gasteiger partial charge in [-0.15, -0.1) is 16.4 Å². The van der Waals surface area contributed by atoms with Crippen LogP contribution in [0.15, 0.2) is 35.7 Å². The summed E-state index contributed by atoms with van der Waals surface area (Å²) in [4.78, 5) is 16.3. The average Bonchev–Trinajstić information content (AvgIpc) is 3.34. The highest BCUT2D eigenvalue weighted by Crippen LogP contribution is 2.31. The fourth-order valence-electron chi connectivity index (χ4n) is 4.05. The van der Waals surface area contributed by atoms with Crippen LogP contribution in [-0.2, 0) is 17.9 Å². The third kappa shape index (κ3) is 3.19. The first-order valence-corrected chi connectivity index (χ1v) is 10.9. The van der Waals surface area contributed by atoms with E-state index in [0.717, 1.165) is 41.4 Å². The molecule has 1 fully saturated rings. The second-order valence-corrected chi connectivity index (χ2v) is 8.96. The average molecular weight is 406 g/mol. The maximum Gasteiger partial charge on any atom is 0.226 e. The number of hydrogen-bond donors (Lipinski definition) is 0. The van der Waals surface area contributed by atoms with E-state index in [4.69, 9.17) is 0 Å². The molecule has 3 aromatic heterocycles. The second-order valence-electron chi connectivity index (χ2n) is 7.93. The van der Waals surface area contributed by atoms with E-state index in [9.17, 15) is 4.79 Å². The van der Waals surface area contributed by atoms with Crippen molar-refractivity contribution >= 4 is 33.8 Å². The Morgan fingerprint density at radius 2 is 2.10 bits per heavy atom. The van der Waals surface area contributed by atoms with Gasteiger partial charge in [-0.2, -0.15) is 4.52 Å². The Bertz CT molecular complexity index is 1190. The fourth-order valence-corrected chi connectivity index (χ4v) is 4.77. The number of hydrogen-bond acceptors (Lipinski definition) is 5. The predicted octanol–water partition coefficient (Wildman–Crippen LogP) is 4.28. The van der Waals surface area contributed by atoms with Crippen molar-refractivity contribution in [3.8, 4) is 0 Å². The van der Waals surface area contributed by atoms with Gasteiger partial charge in [-0.3, -0.25) is 4.79 Å². The minimum atomic E-state index is 0.160. The summed E-state index contributed by atoms with van der Waals surface area (Å²) in [5.74, 6) is 0.405. The van der Waals surface area contributed by atoms with Crippen molar-refractivity contribution < 1.29 is 4.79 Å². The van der Waals surface area contributed by atoms with Crippen LogP contribution in [-0.4, -0.2) is 30.8 Å². The van der Waals surface area contributed by atoms with Gasteiger partial charge in [0.15, 0.2) is 5.65 Å². The fraction of sp³-hybridized carbons (Fsp3) is 0.364. The Morgan fingerprint density at radius 3 is 2.83 bits per heavy atom. The first kappa shape index (κ1) is 18.2. The van der Waals surface area contributed by atoms with Crippen molar-refractivity contribution in [3.63, 3.8) is 0 Å². The van der Waals surface area contributed by atoms with Gasteiger partial charge in [0, 0.05) is 28.3 Å². The van der Waals surface area contributed by atoms with E-state index in [1.165, 1.54) is 16.0 Å². The van der Waals surface area contributed by atoms with E-state index in [0.29, 0.717) is 13.1 Å². The number of nitrogens with zero attached hydrogens (tertiary/aromatic N) is 5. The lowest BCUT2D eigenvalue weighted by Gasteiger charge is -2.31. The maximum atomic E-state index is 13.2. The molecule has 0 unspecified atom stereocenters. The van der Waals surface area contributed by atoms with Crippen molar-refractivity contribution in [2.24, 2.45) is 5.92 Å². The van der Waals surface area contributed by atoms with E-state index in [-0.39, 0.29) is 11.8 Å². The van der Waals surface area contributed by atoms with Gasteiger partial charge in [0.25, 0.3) is 0 Å². The number of carbonyl (C=O) groups is 1. The van der Waals surface area contributed by atoms with Crippen molar-refractivity contribution in [1.29, 1.82) is 0 Å². The first-order chi connectivity index (χ1) is 14.1. The van der Waals surface area contributed by atoms with Crippen LogP contribution in [0.1, 0.15) is 40.8 Å². The van der Waals surface area contributed by atoms with Crippen LogP contribution < -0.4 is 0 Å². The Kier molecular flexibility index (Phi) is 4.54. The minimum absolute atomic E-state index is 0.160. The third-order valence-corrected chi connectivity index (χ3v) is 6.95. The molecule has 5 rings (SSSR count). The molecule has 1 amide bonds. The molecule has 4 aromatic rings. The topological polar surface area (TPSA) is 63.4 Å². The number of aromatic nitrogens is 4. The van der Waals surface area contributed by atoms with Crippen LogP contribution in [0.25, 0.3) is 16.6 Å². The van der Waals surface area contributed by atoms with E-state index in [1.807, 2.05) is 15.5 Å². The summed E-state index contributed by atoms with van der Waals surface area (Å²) in [5.41, 5.74) is 5.12. The number of thiophene rings is 1. The Balaban J connectivity index is 1.58. The normalized spacial score (nSPS) is 14.4. The number of pyridine rings is 1. The molecule has 1 aliphatic carbocycles. The summed E-state index contributed by atoms with van der Waals surface area (Å²) < 4.78 is 1.82. The molecule has 0 atom stereocenters. The van der Waals surface area contributed by atoms with Crippen LogP contribution in [0, 0.1) is 19.8 Å². The van der Waals surface area contributed by atoms with Gasteiger partial charge in [0.2, 0.25) is 5.91 Å². The van der Waals surface area contributed by atoms with E-state index in [2.05, 4.69) is 59.0 Å². The van der Waals surface area contributed by atoms with Gasteiger partial charge >= 0.3 is 0 Å². The molecular weight excluding hydrogens is 382 g/mol. The molecule has 0 aliphatic heterocycles. The predicted molar refractivity (Wildman–Crippen MR) is 114 cm³/mol. The van der Waals surface area contributed by atoms with Crippen LogP contribution in [0.3, 0.4) is 0 Å². The van der Waals surface area contributed by atoms with E-state index >= 15 is 0 Å². The Labute approximate surface area is 173 Å². The largest absolute Gasteiger partial charge is 0.333 e. The molecule has 7 heteroatoms. The molecule has 1 saturated carbocycles. The quantitative estimate of drug-likeness (QED) is 0.497. The highest BCUT2D eigenvalue weighted by Gasteiger charge is 2.30. The lowest BCUT2D eigenvalue weighted by atomic mass is 9.84. The number of aryl methyl sites for hydroxylation is 2. The standard InChI is InChI=1S/C22H23N5OS/c1-14-8-9-17-11-18(21-23-24-25-27(21)20(17)15(14)2)12-26(13-19-7-4-10-29-19)22(28)16-5-3-6-16/h4,7-11,16H,3,5-6,12-13H2,1-2H3. The van der Waals surface area contributed by atoms with E-state index in [1.54, 1.807) is 11.3 Å². The number of amides is 1. The third-order valence-electron chi connectivity index (χ3n) is 6.09. The van der Waals surface area contributed by atoms with Crippen LogP contribution in [0.2, 0.25) is 0 Å². The van der Waals surface area contributed by atoms with Crippen molar-refractivity contribution in [2.45, 2.75) is 46.2 Å². The summed E-state index contributed by atoms with van der Waals surface area (Å²) in [6, 6.07) is 10.5. The molecule has 0 radical (unpaired) electrons. The van der Waals surface area contributed by atoms with Gasteiger partial charge in [0.1, 0.15) is 0 Å². The smallest absolute Gasteiger partial charge is 0.226 e. The molecule has 0 saturated heterocycles. The number of tetrazole rings is 1. The monoisotopic (exact) mass is 405 g/mol. The zero-order valence-electron chi connectivity index (χ0n) is 16.6. The van der Waals surface area contributed by atoms with Gasteiger partial charge in [-0.05, 0) is 65.8 Å². The van der Waals surface area contributed by atoms with Gasteiger partial charge in [-0.1, -0.05) is 24.6 Å². The molecule has 0 N–H and O–H groups in total. The molecular formula is C22H23N5OS. The maximum absolute atomic E-state index is 13.2. The number of carbonyl (C=O) groups excluding carboxylic acids is 1. The molecule has 1 aromatic carbocycles. The number of rotatable bonds is 5. The SMILES string of the molecule is Cc1ccc2cc(CN(Cc3cccs3)C(=O)C3CCC3)c3nnnn3c2c1C. The Morgan fingerprint density at radius 1 is 1.24 bits per heavy atom. The molecule has 3 heterocycles. The molecule has 1 aliphatic rings. The van der Waals surface area contributed by atoms with Crippen LogP contribution in [0.5, 0.6) is 0 Å². The van der Waals surface area contributed by atoms with Gasteiger partial charge < -0.3 is 4.90 Å².